The summed E-state index contributed by atoms with van der Waals surface area (Å²) in [5.74, 6) is -0.997. The van der Waals surface area contributed by atoms with Crippen LogP contribution in [0.1, 0.15) is 25.0 Å². The number of ether oxygens (including phenoxy) is 1. The summed E-state index contributed by atoms with van der Waals surface area (Å²) in [4.78, 5) is 10.6. The molecule has 0 saturated heterocycles. The van der Waals surface area contributed by atoms with Gasteiger partial charge in [0.05, 0.1) is 12.2 Å². The zero-order valence-corrected chi connectivity index (χ0v) is 10.4. The van der Waals surface area contributed by atoms with E-state index in [0.29, 0.717) is 0 Å². The Bertz CT molecular complexity index is 504. The fourth-order valence-corrected chi connectivity index (χ4v) is 1.56. The number of carbonyl (C=O) groups is 1. The van der Waals surface area contributed by atoms with E-state index in [9.17, 15) is 18.0 Å². The number of halogens is 3. The van der Waals surface area contributed by atoms with Gasteiger partial charge in [-0.3, -0.25) is 0 Å². The molecule has 1 aromatic rings. The number of allylic oxidation sites excluding steroid dienone is 1. The molecule has 0 saturated carbocycles. The zero-order chi connectivity index (χ0) is 14.6. The molecule has 0 aliphatic carbocycles. The van der Waals surface area contributed by atoms with Crippen molar-refractivity contribution in [1.82, 2.24) is 0 Å². The lowest BCUT2D eigenvalue weighted by Crippen LogP contribution is -2.06. The molecular formula is C13H13F3O3. The topological polar surface area (TPSA) is 46.5 Å². The highest BCUT2D eigenvalue weighted by Crippen LogP contribution is 2.35. The highest BCUT2D eigenvalue weighted by Gasteiger charge is 2.31. The molecule has 3 nitrogen and oxygen atoms in total. The molecule has 0 amide bonds. The van der Waals surface area contributed by atoms with E-state index in [1.165, 1.54) is 13.0 Å². The van der Waals surface area contributed by atoms with Crippen LogP contribution in [0.15, 0.2) is 24.3 Å². The molecule has 0 heterocycles. The molecular weight excluding hydrogens is 261 g/mol. The fraction of sp³-hybridized carbons (Fsp3) is 0.308. The molecule has 0 fully saturated rings. The van der Waals surface area contributed by atoms with Gasteiger partial charge in [0.1, 0.15) is 5.75 Å². The summed E-state index contributed by atoms with van der Waals surface area (Å²) in [6, 6.07) is 2.99. The second-order valence-corrected chi connectivity index (χ2v) is 3.81. The van der Waals surface area contributed by atoms with Crippen LogP contribution in [0.25, 0.3) is 5.57 Å². The van der Waals surface area contributed by atoms with E-state index in [4.69, 9.17) is 9.84 Å². The molecule has 1 rings (SSSR count). The molecule has 0 radical (unpaired) electrons. The lowest BCUT2D eigenvalue weighted by Gasteiger charge is -2.14. The van der Waals surface area contributed by atoms with Gasteiger partial charge in [0.15, 0.2) is 0 Å². The monoisotopic (exact) mass is 274 g/mol. The summed E-state index contributed by atoms with van der Waals surface area (Å²) in [7, 11) is 0. The van der Waals surface area contributed by atoms with Gasteiger partial charge >= 0.3 is 12.1 Å². The first kappa shape index (κ1) is 15.1. The standard InChI is InChI=1S/C13H13F3O3/c1-3-19-11-5-4-9(13(14,15)16)7-10(11)8(2)6-12(17)18/h4-7H,3H2,1-2H3,(H,17,18)/b8-6+. The van der Waals surface area contributed by atoms with Crippen molar-refractivity contribution in [2.45, 2.75) is 20.0 Å². The van der Waals surface area contributed by atoms with Crippen molar-refractivity contribution in [3.05, 3.63) is 35.4 Å². The third kappa shape index (κ3) is 4.01. The van der Waals surface area contributed by atoms with Crippen molar-refractivity contribution >= 4 is 11.5 Å². The van der Waals surface area contributed by atoms with E-state index in [1.54, 1.807) is 6.92 Å². The van der Waals surface area contributed by atoms with Crippen LogP contribution in [0, 0.1) is 0 Å². The number of alkyl halides is 3. The van der Waals surface area contributed by atoms with Crippen LogP contribution in [-0.4, -0.2) is 17.7 Å². The summed E-state index contributed by atoms with van der Waals surface area (Å²) in [5.41, 5.74) is -0.523. The average Bonchev–Trinajstić information content (AvgIpc) is 2.27. The Balaban J connectivity index is 3.35. The van der Waals surface area contributed by atoms with Crippen molar-refractivity contribution < 1.29 is 27.8 Å². The molecule has 0 spiro atoms. The number of carboxylic acids is 1. The Morgan fingerprint density at radius 2 is 2.05 bits per heavy atom. The Labute approximate surface area is 108 Å². The van der Waals surface area contributed by atoms with Gasteiger partial charge < -0.3 is 9.84 Å². The number of aliphatic carboxylic acids is 1. The highest BCUT2D eigenvalue weighted by atomic mass is 19.4. The number of benzene rings is 1. The first-order chi connectivity index (χ1) is 8.75. The van der Waals surface area contributed by atoms with Gasteiger partial charge in [-0.05, 0) is 37.6 Å². The van der Waals surface area contributed by atoms with Gasteiger partial charge in [-0.15, -0.1) is 0 Å². The average molecular weight is 274 g/mol. The van der Waals surface area contributed by atoms with Gasteiger partial charge in [-0.2, -0.15) is 13.2 Å². The maximum Gasteiger partial charge on any atom is 0.416 e. The minimum Gasteiger partial charge on any atom is -0.493 e. The zero-order valence-electron chi connectivity index (χ0n) is 10.4. The molecule has 1 N–H and O–H groups in total. The fourth-order valence-electron chi connectivity index (χ4n) is 1.56. The SMILES string of the molecule is CCOc1ccc(C(F)(F)F)cc1/C(C)=C/C(=O)O. The third-order valence-corrected chi connectivity index (χ3v) is 2.37. The van der Waals surface area contributed by atoms with E-state index >= 15 is 0 Å². The first-order valence-corrected chi connectivity index (χ1v) is 5.51. The maximum absolute atomic E-state index is 12.6. The van der Waals surface area contributed by atoms with E-state index < -0.39 is 17.7 Å². The summed E-state index contributed by atoms with van der Waals surface area (Å²) >= 11 is 0. The van der Waals surface area contributed by atoms with Gasteiger partial charge in [-0.25, -0.2) is 4.79 Å². The molecule has 0 unspecified atom stereocenters. The van der Waals surface area contributed by atoms with E-state index in [2.05, 4.69) is 0 Å². The van der Waals surface area contributed by atoms with Crippen LogP contribution in [0.5, 0.6) is 5.75 Å². The van der Waals surface area contributed by atoms with E-state index in [0.717, 1.165) is 18.2 Å². The predicted octanol–water partition coefficient (Wildman–Crippen LogP) is 3.59. The summed E-state index contributed by atoms with van der Waals surface area (Å²) in [5, 5.41) is 8.66. The van der Waals surface area contributed by atoms with Crippen molar-refractivity contribution in [3.8, 4) is 5.75 Å². The molecule has 0 aromatic heterocycles. The number of rotatable bonds is 4. The van der Waals surface area contributed by atoms with Crippen LogP contribution in [0.2, 0.25) is 0 Å². The largest absolute Gasteiger partial charge is 0.493 e. The van der Waals surface area contributed by atoms with E-state index in [1.807, 2.05) is 0 Å². The van der Waals surface area contributed by atoms with Crippen LogP contribution in [0.3, 0.4) is 0 Å². The van der Waals surface area contributed by atoms with Crippen molar-refractivity contribution in [2.24, 2.45) is 0 Å². The summed E-state index contributed by atoms with van der Waals surface area (Å²) in [6.07, 6.45) is -3.64. The molecule has 1 aromatic carbocycles. The summed E-state index contributed by atoms with van der Waals surface area (Å²) in [6.45, 7) is 3.39. The molecule has 19 heavy (non-hydrogen) atoms. The number of carboxylic acid groups (broad SMARTS) is 1. The molecule has 0 aliphatic rings. The van der Waals surface area contributed by atoms with Crippen LogP contribution < -0.4 is 4.74 Å². The van der Waals surface area contributed by atoms with Crippen molar-refractivity contribution in [2.75, 3.05) is 6.61 Å². The number of hydrogen-bond donors (Lipinski definition) is 1. The van der Waals surface area contributed by atoms with Gasteiger partial charge in [0, 0.05) is 11.6 Å². The Kier molecular flexibility index (Phi) is 4.58. The smallest absolute Gasteiger partial charge is 0.416 e. The van der Waals surface area contributed by atoms with Gasteiger partial charge in [-0.1, -0.05) is 0 Å². The molecule has 0 aliphatic heterocycles. The maximum atomic E-state index is 12.6. The lowest BCUT2D eigenvalue weighted by molar-refractivity contribution is -0.137. The lowest BCUT2D eigenvalue weighted by atomic mass is 10.0. The van der Waals surface area contributed by atoms with Crippen molar-refractivity contribution in [3.63, 3.8) is 0 Å². The minimum atomic E-state index is -4.48. The third-order valence-electron chi connectivity index (χ3n) is 2.37. The molecule has 0 atom stereocenters. The predicted molar refractivity (Wildman–Crippen MR) is 63.9 cm³/mol. The Morgan fingerprint density at radius 3 is 2.53 bits per heavy atom. The molecule has 6 heteroatoms. The van der Waals surface area contributed by atoms with Gasteiger partial charge in [0.2, 0.25) is 0 Å². The molecule has 104 valence electrons. The number of hydrogen-bond acceptors (Lipinski definition) is 2. The second-order valence-electron chi connectivity index (χ2n) is 3.81. The van der Waals surface area contributed by atoms with E-state index in [-0.39, 0.29) is 23.5 Å². The minimum absolute atomic E-state index is 0.124. The molecule has 0 bridgehead atoms. The Morgan fingerprint density at radius 1 is 1.42 bits per heavy atom. The Hall–Kier alpha value is -1.98. The quantitative estimate of drug-likeness (QED) is 0.853. The van der Waals surface area contributed by atoms with Crippen LogP contribution in [-0.2, 0) is 11.0 Å². The highest BCUT2D eigenvalue weighted by molar-refractivity contribution is 5.90. The summed E-state index contributed by atoms with van der Waals surface area (Å²) < 4.78 is 43.1. The van der Waals surface area contributed by atoms with Crippen LogP contribution >= 0.6 is 0 Å². The normalized spacial score (nSPS) is 12.4. The second kappa shape index (κ2) is 5.77. The van der Waals surface area contributed by atoms with Crippen molar-refractivity contribution in [1.29, 1.82) is 0 Å². The first-order valence-electron chi connectivity index (χ1n) is 5.51. The van der Waals surface area contributed by atoms with Crippen LogP contribution in [0.4, 0.5) is 13.2 Å². The van der Waals surface area contributed by atoms with Gasteiger partial charge in [0.25, 0.3) is 0 Å².